The van der Waals surface area contributed by atoms with Crippen LogP contribution in [0, 0.1) is 18.3 Å². The van der Waals surface area contributed by atoms with Gasteiger partial charge in [-0.3, -0.25) is 9.59 Å². The highest BCUT2D eigenvalue weighted by molar-refractivity contribution is 5.96. The van der Waals surface area contributed by atoms with E-state index in [1.165, 1.54) is 11.8 Å². The van der Waals surface area contributed by atoms with Crippen molar-refractivity contribution in [3.05, 3.63) is 29.1 Å². The molecular weight excluding hydrogens is 341 g/mol. The summed E-state index contributed by atoms with van der Waals surface area (Å²) < 4.78 is 43.4. The first-order chi connectivity index (χ1) is 11.6. The molecule has 1 amide bonds. The molecule has 3 heterocycles. The number of hydrogen-bond donors (Lipinski definition) is 1. The molecule has 1 aromatic rings. The van der Waals surface area contributed by atoms with E-state index in [-0.39, 0.29) is 36.9 Å². The Morgan fingerprint density at radius 3 is 2.68 bits per heavy atom. The predicted molar refractivity (Wildman–Crippen MR) is 78.9 cm³/mol. The third kappa shape index (κ3) is 2.97. The number of likely N-dealkylation sites (tertiary alicyclic amines) is 1. The van der Waals surface area contributed by atoms with Gasteiger partial charge in [-0.1, -0.05) is 0 Å². The Hall–Kier alpha value is -2.16. The summed E-state index contributed by atoms with van der Waals surface area (Å²) in [7, 11) is 0. The third-order valence-electron chi connectivity index (χ3n) is 5.03. The Morgan fingerprint density at radius 2 is 2.12 bits per heavy atom. The van der Waals surface area contributed by atoms with Crippen LogP contribution in [-0.4, -0.2) is 53.2 Å². The number of nitrogens with zero attached hydrogens (tertiary/aromatic N) is 2. The minimum Gasteiger partial charge on any atom is -0.481 e. The Kier molecular flexibility index (Phi) is 4.22. The van der Waals surface area contributed by atoms with E-state index in [1.807, 2.05) is 0 Å². The average molecular weight is 358 g/mol. The quantitative estimate of drug-likeness (QED) is 0.874. The summed E-state index contributed by atoms with van der Waals surface area (Å²) in [5.41, 5.74) is -2.10. The Morgan fingerprint density at radius 1 is 1.40 bits per heavy atom. The van der Waals surface area contributed by atoms with Gasteiger partial charge in [0.05, 0.1) is 23.3 Å². The summed E-state index contributed by atoms with van der Waals surface area (Å²) in [6, 6.07) is 1.86. The molecule has 0 radical (unpaired) electrons. The van der Waals surface area contributed by atoms with Crippen LogP contribution in [0.1, 0.15) is 28.2 Å². The van der Waals surface area contributed by atoms with Gasteiger partial charge in [-0.25, -0.2) is 4.98 Å². The molecule has 2 saturated heterocycles. The van der Waals surface area contributed by atoms with E-state index in [0.29, 0.717) is 13.0 Å². The molecule has 0 bridgehead atoms. The largest absolute Gasteiger partial charge is 0.481 e. The maximum Gasteiger partial charge on any atom is 0.433 e. The van der Waals surface area contributed by atoms with Crippen molar-refractivity contribution in [1.82, 2.24) is 9.88 Å². The molecule has 0 spiro atoms. The zero-order valence-electron chi connectivity index (χ0n) is 13.5. The smallest absolute Gasteiger partial charge is 0.433 e. The van der Waals surface area contributed by atoms with Crippen molar-refractivity contribution < 1.29 is 32.6 Å². The summed E-state index contributed by atoms with van der Waals surface area (Å²) in [5.74, 6) is -1.81. The third-order valence-corrected chi connectivity index (χ3v) is 5.03. The van der Waals surface area contributed by atoms with Crippen LogP contribution in [-0.2, 0) is 15.7 Å². The molecule has 2 atom stereocenters. The normalized spacial score (nSPS) is 26.4. The molecule has 2 aliphatic rings. The average Bonchev–Trinajstić information content (AvgIpc) is 2.94. The van der Waals surface area contributed by atoms with E-state index in [9.17, 15) is 27.9 Å². The van der Waals surface area contributed by atoms with Crippen LogP contribution in [0.5, 0.6) is 0 Å². The number of carboxylic acid groups (broad SMARTS) is 1. The molecule has 0 aromatic carbocycles. The summed E-state index contributed by atoms with van der Waals surface area (Å²) in [4.78, 5) is 29.3. The van der Waals surface area contributed by atoms with Crippen LogP contribution in [0.3, 0.4) is 0 Å². The fourth-order valence-corrected chi connectivity index (χ4v) is 3.57. The standard InChI is InChI=1S/C16H17F3N2O4/c1-9-11(2-3-12(20-9)16(17,18)19)13(22)21-6-10-7-25-5-4-15(10,8-21)14(23)24/h2-3,10H,4-8H2,1H3,(H,23,24)/t10-,15+/m0/s1. The number of carbonyl (C=O) groups is 2. The number of aryl methyl sites for hydroxylation is 1. The molecule has 25 heavy (non-hydrogen) atoms. The molecule has 0 saturated carbocycles. The Labute approximate surface area is 141 Å². The van der Waals surface area contributed by atoms with Crippen LogP contribution in [0.15, 0.2) is 12.1 Å². The number of aliphatic carboxylic acids is 1. The molecule has 2 fully saturated rings. The lowest BCUT2D eigenvalue weighted by Crippen LogP contribution is -2.45. The van der Waals surface area contributed by atoms with Crippen molar-refractivity contribution >= 4 is 11.9 Å². The Balaban J connectivity index is 1.86. The second-order valence-corrected chi connectivity index (χ2v) is 6.50. The number of amides is 1. The molecule has 3 rings (SSSR count). The molecule has 2 aliphatic heterocycles. The lowest BCUT2D eigenvalue weighted by atomic mass is 9.74. The minimum absolute atomic E-state index is 0.0235. The van der Waals surface area contributed by atoms with Crippen molar-refractivity contribution in [1.29, 1.82) is 0 Å². The summed E-state index contributed by atoms with van der Waals surface area (Å²) in [6.45, 7) is 2.12. The van der Waals surface area contributed by atoms with Gasteiger partial charge in [0, 0.05) is 25.6 Å². The van der Waals surface area contributed by atoms with Gasteiger partial charge >= 0.3 is 12.1 Å². The molecule has 0 aliphatic carbocycles. The van der Waals surface area contributed by atoms with E-state index in [1.54, 1.807) is 0 Å². The molecular formula is C16H17F3N2O4. The number of aromatic nitrogens is 1. The number of fused-ring (bicyclic) bond motifs is 1. The topological polar surface area (TPSA) is 79.7 Å². The van der Waals surface area contributed by atoms with E-state index in [2.05, 4.69) is 4.98 Å². The number of carbonyl (C=O) groups excluding carboxylic acids is 1. The van der Waals surface area contributed by atoms with Crippen LogP contribution >= 0.6 is 0 Å². The van der Waals surface area contributed by atoms with E-state index in [4.69, 9.17) is 4.74 Å². The van der Waals surface area contributed by atoms with Gasteiger partial charge < -0.3 is 14.7 Å². The van der Waals surface area contributed by atoms with E-state index in [0.717, 1.165) is 12.1 Å². The number of halogens is 3. The number of alkyl halides is 3. The summed E-state index contributed by atoms with van der Waals surface area (Å²) in [6.07, 6.45) is -4.28. The summed E-state index contributed by atoms with van der Waals surface area (Å²) >= 11 is 0. The first kappa shape index (κ1) is 17.7. The fourth-order valence-electron chi connectivity index (χ4n) is 3.57. The fraction of sp³-hybridized carbons (Fsp3) is 0.562. The molecule has 1 N–H and O–H groups in total. The number of carboxylic acids is 1. The first-order valence-electron chi connectivity index (χ1n) is 7.80. The number of ether oxygens (including phenoxy) is 1. The summed E-state index contributed by atoms with van der Waals surface area (Å²) in [5, 5.41) is 9.62. The molecule has 1 aromatic heterocycles. The second-order valence-electron chi connectivity index (χ2n) is 6.50. The molecule has 6 nitrogen and oxygen atoms in total. The number of rotatable bonds is 2. The number of pyridine rings is 1. The van der Waals surface area contributed by atoms with E-state index < -0.39 is 29.2 Å². The monoisotopic (exact) mass is 358 g/mol. The SMILES string of the molecule is Cc1nc(C(F)(F)F)ccc1C(=O)N1C[C@H]2COCC[C@@]2(C(=O)O)C1. The van der Waals surface area contributed by atoms with Gasteiger partial charge in [-0.2, -0.15) is 13.2 Å². The highest BCUT2D eigenvalue weighted by Crippen LogP contribution is 2.43. The zero-order chi connectivity index (χ0) is 18.4. The van der Waals surface area contributed by atoms with Crippen LogP contribution in [0.4, 0.5) is 13.2 Å². The molecule has 136 valence electrons. The lowest BCUT2D eigenvalue weighted by Gasteiger charge is -2.33. The molecule has 9 heteroatoms. The van der Waals surface area contributed by atoms with Crippen LogP contribution in [0.2, 0.25) is 0 Å². The maximum absolute atomic E-state index is 12.7. The number of hydrogen-bond acceptors (Lipinski definition) is 4. The highest BCUT2D eigenvalue weighted by atomic mass is 19.4. The van der Waals surface area contributed by atoms with Gasteiger partial charge in [0.15, 0.2) is 0 Å². The van der Waals surface area contributed by atoms with Gasteiger partial charge in [0.1, 0.15) is 5.69 Å². The second kappa shape index (κ2) is 5.98. The van der Waals surface area contributed by atoms with Crippen molar-refractivity contribution in [2.45, 2.75) is 19.5 Å². The predicted octanol–water partition coefficient (Wildman–Crippen LogP) is 1.97. The maximum atomic E-state index is 12.7. The van der Waals surface area contributed by atoms with Gasteiger partial charge in [-0.15, -0.1) is 0 Å². The van der Waals surface area contributed by atoms with Gasteiger partial charge in [0.2, 0.25) is 0 Å². The van der Waals surface area contributed by atoms with Gasteiger partial charge in [-0.05, 0) is 25.5 Å². The highest BCUT2D eigenvalue weighted by Gasteiger charge is 2.55. The minimum atomic E-state index is -4.58. The van der Waals surface area contributed by atoms with Crippen LogP contribution < -0.4 is 0 Å². The Bertz CT molecular complexity index is 722. The lowest BCUT2D eigenvalue weighted by molar-refractivity contribution is -0.157. The van der Waals surface area contributed by atoms with Gasteiger partial charge in [0.25, 0.3) is 5.91 Å². The van der Waals surface area contributed by atoms with Crippen LogP contribution in [0.25, 0.3) is 0 Å². The van der Waals surface area contributed by atoms with Crippen molar-refractivity contribution in [2.24, 2.45) is 11.3 Å². The van der Waals surface area contributed by atoms with Crippen molar-refractivity contribution in [3.8, 4) is 0 Å². The molecule has 0 unspecified atom stereocenters. The van der Waals surface area contributed by atoms with Crippen molar-refractivity contribution in [3.63, 3.8) is 0 Å². The van der Waals surface area contributed by atoms with Crippen molar-refractivity contribution in [2.75, 3.05) is 26.3 Å². The zero-order valence-corrected chi connectivity index (χ0v) is 13.5. The first-order valence-corrected chi connectivity index (χ1v) is 7.80. The van der Waals surface area contributed by atoms with E-state index >= 15 is 0 Å².